The molecule has 0 heterocycles. The van der Waals surface area contributed by atoms with E-state index in [2.05, 4.69) is 0 Å². The molecule has 0 fully saturated rings. The molecule has 0 aromatic heterocycles. The van der Waals surface area contributed by atoms with Gasteiger partial charge in [0.1, 0.15) is 18.0 Å². The van der Waals surface area contributed by atoms with Crippen LogP contribution in [0.1, 0.15) is 32.3 Å². The molecular formula is C17H25NO5. The van der Waals surface area contributed by atoms with Gasteiger partial charge in [-0.25, -0.2) is 0 Å². The van der Waals surface area contributed by atoms with Gasteiger partial charge in [0.05, 0.1) is 14.2 Å². The van der Waals surface area contributed by atoms with Crippen molar-refractivity contribution in [1.29, 1.82) is 0 Å². The minimum atomic E-state index is -1.03. The van der Waals surface area contributed by atoms with Gasteiger partial charge in [0, 0.05) is 18.5 Å². The number of carbonyl (C=O) groups is 2. The summed E-state index contributed by atoms with van der Waals surface area (Å²) in [6.07, 6.45) is 1.37. The number of carboxylic acid groups (broad SMARTS) is 1. The highest BCUT2D eigenvalue weighted by Gasteiger charge is 2.23. The SMILES string of the molecule is CCC(CC)C(=O)N(CC(=O)O)Cc1cc(OC)cc(OC)c1. The Hall–Kier alpha value is -2.24. The van der Waals surface area contributed by atoms with E-state index in [9.17, 15) is 9.59 Å². The monoisotopic (exact) mass is 323 g/mol. The fraction of sp³-hybridized carbons (Fsp3) is 0.529. The largest absolute Gasteiger partial charge is 0.497 e. The van der Waals surface area contributed by atoms with E-state index in [1.54, 1.807) is 32.4 Å². The fourth-order valence-corrected chi connectivity index (χ4v) is 2.45. The molecule has 0 radical (unpaired) electrons. The van der Waals surface area contributed by atoms with Crippen LogP contribution in [0.2, 0.25) is 0 Å². The molecule has 0 saturated carbocycles. The first-order valence-electron chi connectivity index (χ1n) is 7.67. The van der Waals surface area contributed by atoms with Crippen molar-refractivity contribution in [2.45, 2.75) is 33.2 Å². The van der Waals surface area contributed by atoms with Crippen LogP contribution in [0.5, 0.6) is 11.5 Å². The highest BCUT2D eigenvalue weighted by Crippen LogP contribution is 2.24. The van der Waals surface area contributed by atoms with Gasteiger partial charge in [-0.3, -0.25) is 9.59 Å². The van der Waals surface area contributed by atoms with Crippen LogP contribution in [-0.2, 0) is 16.1 Å². The summed E-state index contributed by atoms with van der Waals surface area (Å²) in [6.45, 7) is 3.74. The molecule has 0 aliphatic rings. The Balaban J connectivity index is 3.05. The molecule has 0 unspecified atom stereocenters. The lowest BCUT2D eigenvalue weighted by Crippen LogP contribution is -2.39. The van der Waals surface area contributed by atoms with Gasteiger partial charge in [0.2, 0.25) is 5.91 Å². The Bertz CT molecular complexity index is 518. The van der Waals surface area contributed by atoms with E-state index in [1.165, 1.54) is 4.90 Å². The number of carbonyl (C=O) groups excluding carboxylic acids is 1. The average molecular weight is 323 g/mol. The number of hydrogen-bond donors (Lipinski definition) is 1. The third kappa shape index (κ3) is 5.47. The van der Waals surface area contributed by atoms with Gasteiger partial charge >= 0.3 is 5.97 Å². The van der Waals surface area contributed by atoms with E-state index < -0.39 is 5.97 Å². The molecular weight excluding hydrogens is 298 g/mol. The minimum Gasteiger partial charge on any atom is -0.497 e. The van der Waals surface area contributed by atoms with Crippen molar-refractivity contribution in [3.8, 4) is 11.5 Å². The van der Waals surface area contributed by atoms with Gasteiger partial charge in [-0.15, -0.1) is 0 Å². The summed E-state index contributed by atoms with van der Waals surface area (Å²) in [5, 5.41) is 9.10. The first-order valence-corrected chi connectivity index (χ1v) is 7.67. The van der Waals surface area contributed by atoms with Crippen LogP contribution in [0.25, 0.3) is 0 Å². The van der Waals surface area contributed by atoms with Crippen LogP contribution in [0.3, 0.4) is 0 Å². The normalized spacial score (nSPS) is 10.5. The number of carboxylic acids is 1. The fourth-order valence-electron chi connectivity index (χ4n) is 2.45. The van der Waals surface area contributed by atoms with Crippen molar-refractivity contribution >= 4 is 11.9 Å². The van der Waals surface area contributed by atoms with Gasteiger partial charge < -0.3 is 19.5 Å². The van der Waals surface area contributed by atoms with E-state index in [4.69, 9.17) is 14.6 Å². The standard InChI is InChI=1S/C17H25NO5/c1-5-13(6-2)17(21)18(11-16(19)20)10-12-7-14(22-3)9-15(8-12)23-4/h7-9,13H,5-6,10-11H2,1-4H3,(H,19,20). The third-order valence-electron chi connectivity index (χ3n) is 3.76. The number of methoxy groups -OCH3 is 2. The second-order valence-corrected chi connectivity index (χ2v) is 5.32. The molecule has 23 heavy (non-hydrogen) atoms. The number of aliphatic carboxylic acids is 1. The number of hydrogen-bond acceptors (Lipinski definition) is 4. The molecule has 0 aliphatic carbocycles. The predicted molar refractivity (Wildman–Crippen MR) is 86.7 cm³/mol. The zero-order valence-corrected chi connectivity index (χ0v) is 14.2. The minimum absolute atomic E-state index is 0.140. The van der Waals surface area contributed by atoms with Crippen molar-refractivity contribution in [2.75, 3.05) is 20.8 Å². The second-order valence-electron chi connectivity index (χ2n) is 5.32. The van der Waals surface area contributed by atoms with Crippen molar-refractivity contribution in [3.05, 3.63) is 23.8 Å². The molecule has 1 aromatic carbocycles. The number of amides is 1. The quantitative estimate of drug-likeness (QED) is 0.756. The molecule has 0 atom stereocenters. The summed E-state index contributed by atoms with van der Waals surface area (Å²) >= 11 is 0. The number of benzene rings is 1. The highest BCUT2D eigenvalue weighted by molar-refractivity contribution is 5.83. The maximum absolute atomic E-state index is 12.6. The van der Waals surface area contributed by atoms with E-state index in [0.717, 1.165) is 5.56 Å². The molecule has 0 aliphatic heterocycles. The Labute approximate surface area is 137 Å². The van der Waals surface area contributed by atoms with Crippen molar-refractivity contribution < 1.29 is 24.2 Å². The van der Waals surface area contributed by atoms with E-state index in [1.807, 2.05) is 13.8 Å². The molecule has 128 valence electrons. The third-order valence-corrected chi connectivity index (χ3v) is 3.76. The van der Waals surface area contributed by atoms with Crippen LogP contribution in [-0.4, -0.2) is 42.6 Å². The molecule has 1 N–H and O–H groups in total. The summed E-state index contributed by atoms with van der Waals surface area (Å²) in [6, 6.07) is 5.28. The first kappa shape index (κ1) is 18.8. The van der Waals surface area contributed by atoms with Crippen LogP contribution < -0.4 is 9.47 Å². The van der Waals surface area contributed by atoms with Crippen LogP contribution in [0, 0.1) is 5.92 Å². The Morgan fingerprint density at radius 2 is 1.61 bits per heavy atom. The molecule has 0 bridgehead atoms. The summed E-state index contributed by atoms with van der Waals surface area (Å²) in [4.78, 5) is 25.0. The topological polar surface area (TPSA) is 76.1 Å². The van der Waals surface area contributed by atoms with Gasteiger partial charge in [-0.1, -0.05) is 13.8 Å². The van der Waals surface area contributed by atoms with Crippen LogP contribution >= 0.6 is 0 Å². The van der Waals surface area contributed by atoms with E-state index in [-0.39, 0.29) is 24.9 Å². The van der Waals surface area contributed by atoms with E-state index in [0.29, 0.717) is 24.3 Å². The second kappa shape index (κ2) is 9.02. The number of nitrogens with zero attached hydrogens (tertiary/aromatic N) is 1. The summed E-state index contributed by atoms with van der Waals surface area (Å²) in [5.74, 6) is -0.130. The highest BCUT2D eigenvalue weighted by atomic mass is 16.5. The molecule has 1 rings (SSSR count). The molecule has 0 saturated heterocycles. The zero-order valence-electron chi connectivity index (χ0n) is 14.2. The summed E-state index contributed by atoms with van der Waals surface area (Å²) < 4.78 is 10.4. The molecule has 1 amide bonds. The maximum atomic E-state index is 12.6. The van der Waals surface area contributed by atoms with Gasteiger partial charge in [-0.2, -0.15) is 0 Å². The Kier molecular flexibility index (Phi) is 7.38. The first-order chi connectivity index (χ1) is 10.9. The van der Waals surface area contributed by atoms with Crippen LogP contribution in [0.15, 0.2) is 18.2 Å². The molecule has 6 nitrogen and oxygen atoms in total. The number of rotatable bonds is 9. The Morgan fingerprint density at radius 1 is 1.09 bits per heavy atom. The molecule has 6 heteroatoms. The van der Waals surface area contributed by atoms with Gasteiger partial charge in [0.15, 0.2) is 0 Å². The summed E-state index contributed by atoms with van der Waals surface area (Å²) in [7, 11) is 3.09. The zero-order chi connectivity index (χ0) is 17.4. The van der Waals surface area contributed by atoms with Crippen molar-refractivity contribution in [1.82, 2.24) is 4.90 Å². The van der Waals surface area contributed by atoms with Gasteiger partial charge in [-0.05, 0) is 30.5 Å². The lowest BCUT2D eigenvalue weighted by atomic mass is 10.0. The van der Waals surface area contributed by atoms with Crippen LogP contribution in [0.4, 0.5) is 0 Å². The van der Waals surface area contributed by atoms with Crippen molar-refractivity contribution in [2.24, 2.45) is 5.92 Å². The lowest BCUT2D eigenvalue weighted by molar-refractivity contribution is -0.147. The lowest BCUT2D eigenvalue weighted by Gasteiger charge is -2.25. The Morgan fingerprint density at radius 3 is 2.00 bits per heavy atom. The molecule has 0 spiro atoms. The van der Waals surface area contributed by atoms with E-state index >= 15 is 0 Å². The number of ether oxygens (including phenoxy) is 2. The summed E-state index contributed by atoms with van der Waals surface area (Å²) in [5.41, 5.74) is 0.766. The van der Waals surface area contributed by atoms with Gasteiger partial charge in [0.25, 0.3) is 0 Å². The average Bonchev–Trinajstić information content (AvgIpc) is 2.54. The molecule has 1 aromatic rings. The predicted octanol–water partition coefficient (Wildman–Crippen LogP) is 2.55. The van der Waals surface area contributed by atoms with Crippen molar-refractivity contribution in [3.63, 3.8) is 0 Å². The smallest absolute Gasteiger partial charge is 0.323 e. The maximum Gasteiger partial charge on any atom is 0.323 e.